The Morgan fingerprint density at radius 1 is 1.04 bits per heavy atom. The van der Waals surface area contributed by atoms with Crippen LogP contribution in [0.15, 0.2) is 12.1 Å². The molecule has 5 heteroatoms. The molecule has 0 saturated heterocycles. The predicted molar refractivity (Wildman–Crippen MR) is 99.7 cm³/mol. The first kappa shape index (κ1) is 21.5. The Kier molecular flexibility index (Phi) is 8.98. The third-order valence-corrected chi connectivity index (χ3v) is 3.93. The van der Waals surface area contributed by atoms with Gasteiger partial charge in [0.1, 0.15) is 12.4 Å². The number of halogens is 1. The van der Waals surface area contributed by atoms with Crippen LogP contribution in [-0.4, -0.2) is 16.3 Å². The Bertz CT molecular complexity index is 562. The molecular weight excluding hydrogens is 340 g/mol. The first-order chi connectivity index (χ1) is 11.7. The summed E-state index contributed by atoms with van der Waals surface area (Å²) >= 11 is 5.25. The van der Waals surface area contributed by atoms with E-state index in [0.717, 1.165) is 29.5 Å². The highest BCUT2D eigenvalue weighted by atomic mass is 35.5. The van der Waals surface area contributed by atoms with Crippen LogP contribution in [-0.2, 0) is 33.8 Å². The molecule has 0 aliphatic rings. The molecule has 1 aromatic rings. The highest BCUT2D eigenvalue weighted by molar-refractivity contribution is 6.63. The van der Waals surface area contributed by atoms with E-state index in [9.17, 15) is 14.7 Å². The van der Waals surface area contributed by atoms with Crippen molar-refractivity contribution in [3.8, 4) is 5.75 Å². The quantitative estimate of drug-likeness (QED) is 0.477. The number of ether oxygens (including phenoxy) is 1. The van der Waals surface area contributed by atoms with Gasteiger partial charge < -0.3 is 9.84 Å². The molecule has 25 heavy (non-hydrogen) atoms. The van der Waals surface area contributed by atoms with Gasteiger partial charge in [-0.2, -0.15) is 0 Å². The predicted octanol–water partition coefficient (Wildman–Crippen LogP) is 4.77. The number of carbonyl (C=O) groups is 2. The van der Waals surface area contributed by atoms with Crippen LogP contribution in [0.25, 0.3) is 0 Å². The smallest absolute Gasteiger partial charge is 0.306 e. The summed E-state index contributed by atoms with van der Waals surface area (Å²) in [5.41, 5.74) is 2.67. The van der Waals surface area contributed by atoms with Gasteiger partial charge in [0.25, 0.3) is 0 Å². The zero-order valence-electron chi connectivity index (χ0n) is 15.6. The number of hydrogen-bond donors (Lipinski definition) is 1. The van der Waals surface area contributed by atoms with E-state index in [2.05, 4.69) is 27.7 Å². The van der Waals surface area contributed by atoms with E-state index >= 15 is 0 Å². The number of hydrogen-bond acceptors (Lipinski definition) is 4. The highest BCUT2D eigenvalue weighted by Crippen LogP contribution is 2.29. The molecule has 0 unspecified atom stereocenters. The Balaban J connectivity index is 2.80. The number of rotatable bonds is 10. The molecule has 0 spiro atoms. The molecule has 4 nitrogen and oxygen atoms in total. The van der Waals surface area contributed by atoms with Crippen molar-refractivity contribution < 1.29 is 19.4 Å². The Hall–Kier alpha value is -1.55. The van der Waals surface area contributed by atoms with E-state index in [1.54, 1.807) is 0 Å². The fourth-order valence-corrected chi connectivity index (χ4v) is 2.85. The van der Waals surface area contributed by atoms with Crippen molar-refractivity contribution in [3.63, 3.8) is 0 Å². The van der Waals surface area contributed by atoms with Gasteiger partial charge in [-0.25, -0.2) is 0 Å². The van der Waals surface area contributed by atoms with Gasteiger partial charge >= 0.3 is 5.97 Å². The van der Waals surface area contributed by atoms with Crippen LogP contribution in [0.3, 0.4) is 0 Å². The number of phenolic OH excluding ortho intramolecular Hbond substituents is 1. The normalized spacial score (nSPS) is 11.2. The molecule has 0 aliphatic heterocycles. The first-order valence-electron chi connectivity index (χ1n) is 8.86. The second-order valence-corrected chi connectivity index (χ2v) is 7.75. The number of phenols is 1. The van der Waals surface area contributed by atoms with Crippen molar-refractivity contribution in [2.45, 2.75) is 66.4 Å². The lowest BCUT2D eigenvalue weighted by Crippen LogP contribution is -2.07. The second kappa shape index (κ2) is 10.4. The van der Waals surface area contributed by atoms with Gasteiger partial charge in [-0.05, 0) is 71.5 Å². The number of aromatic hydroxyl groups is 1. The van der Waals surface area contributed by atoms with Crippen molar-refractivity contribution >= 4 is 22.8 Å². The third-order valence-electron chi connectivity index (χ3n) is 3.74. The van der Waals surface area contributed by atoms with E-state index in [-0.39, 0.29) is 25.4 Å². The summed E-state index contributed by atoms with van der Waals surface area (Å²) in [4.78, 5) is 22.4. The monoisotopic (exact) mass is 368 g/mol. The van der Waals surface area contributed by atoms with E-state index in [0.29, 0.717) is 24.0 Å². The van der Waals surface area contributed by atoms with Crippen LogP contribution in [0, 0.1) is 11.8 Å². The van der Waals surface area contributed by atoms with Crippen molar-refractivity contribution in [1.29, 1.82) is 0 Å². The maximum atomic E-state index is 11.8. The average molecular weight is 369 g/mol. The third kappa shape index (κ3) is 8.39. The molecule has 0 heterocycles. The highest BCUT2D eigenvalue weighted by Gasteiger charge is 2.14. The van der Waals surface area contributed by atoms with Crippen LogP contribution in [0.1, 0.15) is 63.6 Å². The van der Waals surface area contributed by atoms with Gasteiger partial charge in [0.15, 0.2) is 0 Å². The maximum absolute atomic E-state index is 11.8. The van der Waals surface area contributed by atoms with Crippen LogP contribution in [0.5, 0.6) is 5.75 Å². The zero-order chi connectivity index (χ0) is 19.0. The van der Waals surface area contributed by atoms with Gasteiger partial charge in [0.2, 0.25) is 5.24 Å². The summed E-state index contributed by atoms with van der Waals surface area (Å²) in [6, 6.07) is 3.82. The standard InChI is InChI=1S/C20H29ClO4/c1-13(2)8-16-10-15(11-17(20(16)24)9-14(3)4)12-25-19(23)7-5-6-18(21)22/h10-11,13-14,24H,5-9,12H2,1-4H3. The van der Waals surface area contributed by atoms with Crippen LogP contribution in [0.2, 0.25) is 0 Å². The molecule has 0 atom stereocenters. The lowest BCUT2D eigenvalue weighted by Gasteiger charge is -2.16. The largest absolute Gasteiger partial charge is 0.507 e. The van der Waals surface area contributed by atoms with Crippen molar-refractivity contribution in [3.05, 3.63) is 28.8 Å². The SMILES string of the molecule is CC(C)Cc1cc(COC(=O)CCCC(=O)Cl)cc(CC(C)C)c1O. The lowest BCUT2D eigenvalue weighted by atomic mass is 9.93. The minimum absolute atomic E-state index is 0.171. The van der Waals surface area contributed by atoms with E-state index in [4.69, 9.17) is 16.3 Å². The molecule has 1 aromatic carbocycles. The van der Waals surface area contributed by atoms with E-state index < -0.39 is 5.24 Å². The fourth-order valence-electron chi connectivity index (χ4n) is 2.71. The summed E-state index contributed by atoms with van der Waals surface area (Å²) in [5.74, 6) is 0.854. The van der Waals surface area contributed by atoms with Crippen LogP contribution in [0.4, 0.5) is 0 Å². The maximum Gasteiger partial charge on any atom is 0.306 e. The lowest BCUT2D eigenvalue weighted by molar-refractivity contribution is -0.145. The molecule has 0 radical (unpaired) electrons. The Morgan fingerprint density at radius 3 is 2.00 bits per heavy atom. The van der Waals surface area contributed by atoms with Gasteiger partial charge in [-0.1, -0.05) is 27.7 Å². The molecule has 0 aliphatic carbocycles. The molecule has 0 fully saturated rings. The second-order valence-electron chi connectivity index (χ2n) is 7.33. The molecule has 0 bridgehead atoms. The van der Waals surface area contributed by atoms with Crippen LogP contribution >= 0.6 is 11.6 Å². The van der Waals surface area contributed by atoms with Gasteiger partial charge in [-0.15, -0.1) is 0 Å². The summed E-state index contributed by atoms with van der Waals surface area (Å²) in [6.45, 7) is 8.59. The Morgan fingerprint density at radius 2 is 1.56 bits per heavy atom. The molecule has 0 aromatic heterocycles. The Labute approximate surface area is 155 Å². The minimum Gasteiger partial charge on any atom is -0.507 e. The molecule has 1 rings (SSSR count). The van der Waals surface area contributed by atoms with Gasteiger partial charge in [0, 0.05) is 12.8 Å². The average Bonchev–Trinajstić information content (AvgIpc) is 2.48. The van der Waals surface area contributed by atoms with E-state index in [1.807, 2.05) is 12.1 Å². The summed E-state index contributed by atoms with van der Waals surface area (Å²) in [6.07, 6.45) is 2.29. The molecular formula is C20H29ClO4. The number of benzene rings is 1. The van der Waals surface area contributed by atoms with Gasteiger partial charge in [0.05, 0.1) is 0 Å². The summed E-state index contributed by atoms with van der Waals surface area (Å²) in [5, 5.41) is 10.1. The minimum atomic E-state index is -0.442. The first-order valence-corrected chi connectivity index (χ1v) is 9.24. The fraction of sp³-hybridized carbons (Fsp3) is 0.600. The van der Waals surface area contributed by atoms with Crippen molar-refractivity contribution in [2.24, 2.45) is 11.8 Å². The molecule has 140 valence electrons. The van der Waals surface area contributed by atoms with E-state index in [1.165, 1.54) is 0 Å². The van der Waals surface area contributed by atoms with Crippen molar-refractivity contribution in [1.82, 2.24) is 0 Å². The molecule has 1 N–H and O–H groups in total. The summed E-state index contributed by atoms with van der Waals surface area (Å²) in [7, 11) is 0. The number of esters is 1. The topological polar surface area (TPSA) is 63.6 Å². The molecule has 0 amide bonds. The zero-order valence-corrected chi connectivity index (χ0v) is 16.4. The number of carbonyl (C=O) groups excluding carboxylic acids is 2. The van der Waals surface area contributed by atoms with Crippen LogP contribution < -0.4 is 0 Å². The molecule has 0 saturated carbocycles. The van der Waals surface area contributed by atoms with Crippen molar-refractivity contribution in [2.75, 3.05) is 0 Å². The summed E-state index contributed by atoms with van der Waals surface area (Å²) < 4.78 is 5.29. The van der Waals surface area contributed by atoms with Gasteiger partial charge in [-0.3, -0.25) is 9.59 Å².